The van der Waals surface area contributed by atoms with E-state index in [1.54, 1.807) is 0 Å². The van der Waals surface area contributed by atoms with Crippen molar-refractivity contribution >= 4 is 11.8 Å². The predicted octanol–water partition coefficient (Wildman–Crippen LogP) is 5.13. The monoisotopic (exact) mass is 349 g/mol. The number of rotatable bonds is 2. The lowest BCUT2D eigenvalue weighted by Gasteiger charge is -2.36. The topological polar surface area (TPSA) is 30.3 Å². The first-order valence-corrected chi connectivity index (χ1v) is 9.21. The molecule has 2 aliphatic rings. The van der Waals surface area contributed by atoms with Gasteiger partial charge in [0, 0.05) is 17.5 Å². The summed E-state index contributed by atoms with van der Waals surface area (Å²) in [6.07, 6.45) is 4.20. The Bertz CT molecular complexity index is 1020. The molecule has 0 N–H and O–H groups in total. The first-order chi connectivity index (χ1) is 13.4. The van der Waals surface area contributed by atoms with Crippen molar-refractivity contribution in [2.75, 3.05) is 4.90 Å². The summed E-state index contributed by atoms with van der Waals surface area (Å²) in [5.41, 5.74) is 4.74. The van der Waals surface area contributed by atoms with Crippen molar-refractivity contribution < 1.29 is 0 Å². The lowest BCUT2D eigenvalue weighted by molar-refractivity contribution is 0.313. The zero-order chi connectivity index (χ0) is 18.2. The van der Waals surface area contributed by atoms with Crippen molar-refractivity contribution in [2.24, 2.45) is 0 Å². The molecule has 0 unspecified atom stereocenters. The molecule has 3 heteroatoms. The molecule has 27 heavy (non-hydrogen) atoms. The average molecular weight is 349 g/mol. The van der Waals surface area contributed by atoms with Gasteiger partial charge in [-0.2, -0.15) is 5.26 Å². The summed E-state index contributed by atoms with van der Waals surface area (Å²) >= 11 is 0. The Morgan fingerprint density at radius 1 is 0.778 bits per heavy atom. The zero-order valence-corrected chi connectivity index (χ0v) is 14.8. The van der Waals surface area contributed by atoms with E-state index in [9.17, 15) is 5.26 Å². The SMILES string of the molecule is N#C[C@@H]1[C@@H](c2ccccc2)N(c2ccccc2)[C@@H]2c3ccccc3C=CN12. The molecule has 1 fully saturated rings. The number of nitrogens with zero attached hydrogens (tertiary/aromatic N) is 3. The van der Waals surface area contributed by atoms with Crippen LogP contribution in [0.1, 0.15) is 28.9 Å². The van der Waals surface area contributed by atoms with Crippen LogP contribution in [0.5, 0.6) is 0 Å². The molecule has 3 nitrogen and oxygen atoms in total. The molecular weight excluding hydrogens is 330 g/mol. The van der Waals surface area contributed by atoms with Crippen molar-refractivity contribution in [3.05, 3.63) is 108 Å². The fraction of sp³-hybridized carbons (Fsp3) is 0.125. The van der Waals surface area contributed by atoms with E-state index in [2.05, 4.69) is 88.8 Å². The number of benzene rings is 3. The second-order valence-corrected chi connectivity index (χ2v) is 6.94. The molecule has 130 valence electrons. The van der Waals surface area contributed by atoms with Crippen molar-refractivity contribution in [3.8, 4) is 6.07 Å². The van der Waals surface area contributed by atoms with Crippen LogP contribution in [-0.4, -0.2) is 10.9 Å². The summed E-state index contributed by atoms with van der Waals surface area (Å²) < 4.78 is 0. The molecule has 2 heterocycles. The maximum atomic E-state index is 10.1. The third-order valence-electron chi connectivity index (χ3n) is 5.49. The minimum atomic E-state index is -0.262. The smallest absolute Gasteiger partial charge is 0.143 e. The molecule has 0 bridgehead atoms. The maximum Gasteiger partial charge on any atom is 0.143 e. The minimum absolute atomic E-state index is 0.00320. The lowest BCUT2D eigenvalue weighted by atomic mass is 9.99. The normalized spacial score (nSPS) is 22.9. The Hall–Kier alpha value is -3.51. The van der Waals surface area contributed by atoms with Crippen LogP contribution in [0.25, 0.3) is 6.08 Å². The molecule has 3 aromatic rings. The van der Waals surface area contributed by atoms with Gasteiger partial charge in [-0.25, -0.2) is 0 Å². The summed E-state index contributed by atoms with van der Waals surface area (Å²) in [7, 11) is 0. The minimum Gasteiger partial charge on any atom is -0.337 e. The highest BCUT2D eigenvalue weighted by Gasteiger charge is 2.48. The molecule has 0 amide bonds. The molecular formula is C24H19N3. The highest BCUT2D eigenvalue weighted by atomic mass is 15.5. The van der Waals surface area contributed by atoms with Crippen molar-refractivity contribution in [1.82, 2.24) is 4.90 Å². The quantitative estimate of drug-likeness (QED) is 0.643. The van der Waals surface area contributed by atoms with E-state index < -0.39 is 0 Å². The summed E-state index contributed by atoms with van der Waals surface area (Å²) in [5, 5.41) is 10.1. The standard InChI is InChI=1S/C24H19N3/c25-17-22-23(19-10-3-1-4-11-19)27(20-12-5-2-6-13-20)24-21-14-8-7-9-18(21)15-16-26(22)24/h1-16,22-24H/t22-,23-,24-/m1/s1. The largest absolute Gasteiger partial charge is 0.337 e. The number of hydrogen-bond acceptors (Lipinski definition) is 3. The summed E-state index contributed by atoms with van der Waals surface area (Å²) in [6.45, 7) is 0. The van der Waals surface area contributed by atoms with Crippen molar-refractivity contribution in [3.63, 3.8) is 0 Å². The maximum absolute atomic E-state index is 10.1. The van der Waals surface area contributed by atoms with Crippen molar-refractivity contribution in [2.45, 2.75) is 18.2 Å². The van der Waals surface area contributed by atoms with E-state index in [1.165, 1.54) is 11.1 Å². The van der Waals surface area contributed by atoms with Crippen LogP contribution in [0, 0.1) is 11.3 Å². The zero-order valence-electron chi connectivity index (χ0n) is 14.8. The van der Waals surface area contributed by atoms with E-state index in [0.717, 1.165) is 11.3 Å². The lowest BCUT2D eigenvalue weighted by Crippen LogP contribution is -2.31. The number of anilines is 1. The van der Waals surface area contributed by atoms with Gasteiger partial charge in [0.2, 0.25) is 0 Å². The number of nitriles is 1. The number of hydrogen-bond donors (Lipinski definition) is 0. The molecule has 1 saturated heterocycles. The van der Waals surface area contributed by atoms with Crippen LogP contribution in [0.15, 0.2) is 91.1 Å². The van der Waals surface area contributed by atoms with Gasteiger partial charge in [0.25, 0.3) is 0 Å². The van der Waals surface area contributed by atoms with Gasteiger partial charge in [-0.3, -0.25) is 0 Å². The van der Waals surface area contributed by atoms with E-state index >= 15 is 0 Å². The Morgan fingerprint density at radius 2 is 1.44 bits per heavy atom. The molecule has 0 aromatic heterocycles. The number of fused-ring (bicyclic) bond motifs is 3. The number of para-hydroxylation sites is 1. The van der Waals surface area contributed by atoms with Crippen LogP contribution in [0.2, 0.25) is 0 Å². The Balaban J connectivity index is 1.74. The van der Waals surface area contributed by atoms with Gasteiger partial charge < -0.3 is 9.80 Å². The molecule has 0 radical (unpaired) electrons. The van der Waals surface area contributed by atoms with Crippen LogP contribution in [0.3, 0.4) is 0 Å². The average Bonchev–Trinajstić information content (AvgIpc) is 3.10. The third kappa shape index (κ3) is 2.42. The molecule has 2 aliphatic heterocycles. The van der Waals surface area contributed by atoms with Crippen molar-refractivity contribution in [1.29, 1.82) is 5.26 Å². The summed E-state index contributed by atoms with van der Waals surface area (Å²) in [5.74, 6) is 0. The predicted molar refractivity (Wildman–Crippen MR) is 108 cm³/mol. The fourth-order valence-corrected chi connectivity index (χ4v) is 4.34. The van der Waals surface area contributed by atoms with Gasteiger partial charge in [-0.15, -0.1) is 0 Å². The van der Waals surface area contributed by atoms with Gasteiger partial charge >= 0.3 is 0 Å². The van der Waals surface area contributed by atoms with Gasteiger partial charge in [0.15, 0.2) is 0 Å². The molecule has 3 atom stereocenters. The molecule has 0 aliphatic carbocycles. The van der Waals surface area contributed by atoms with Gasteiger partial charge in [-0.05, 0) is 29.3 Å². The fourth-order valence-electron chi connectivity index (χ4n) is 4.34. The first-order valence-electron chi connectivity index (χ1n) is 9.21. The third-order valence-corrected chi connectivity index (χ3v) is 5.49. The second-order valence-electron chi connectivity index (χ2n) is 6.94. The van der Waals surface area contributed by atoms with E-state index in [1.807, 2.05) is 24.3 Å². The van der Waals surface area contributed by atoms with E-state index in [-0.39, 0.29) is 18.2 Å². The second kappa shape index (κ2) is 6.34. The van der Waals surface area contributed by atoms with E-state index in [4.69, 9.17) is 0 Å². The molecule has 3 aromatic carbocycles. The van der Waals surface area contributed by atoms with Gasteiger partial charge in [0.1, 0.15) is 12.2 Å². The van der Waals surface area contributed by atoms with E-state index in [0.29, 0.717) is 0 Å². The Kier molecular flexibility index (Phi) is 3.69. The molecule has 0 spiro atoms. The highest BCUT2D eigenvalue weighted by Crippen LogP contribution is 2.50. The summed E-state index contributed by atoms with van der Waals surface area (Å²) in [6, 6.07) is 31.5. The first kappa shape index (κ1) is 15.7. The van der Waals surface area contributed by atoms with Gasteiger partial charge in [-0.1, -0.05) is 72.8 Å². The Morgan fingerprint density at radius 3 is 2.19 bits per heavy atom. The van der Waals surface area contributed by atoms with Crippen LogP contribution < -0.4 is 4.90 Å². The Labute approximate surface area is 159 Å². The van der Waals surface area contributed by atoms with Crippen LogP contribution >= 0.6 is 0 Å². The highest BCUT2D eigenvalue weighted by molar-refractivity contribution is 5.63. The van der Waals surface area contributed by atoms with Crippen LogP contribution in [0.4, 0.5) is 5.69 Å². The summed E-state index contributed by atoms with van der Waals surface area (Å²) in [4.78, 5) is 4.60. The van der Waals surface area contributed by atoms with Gasteiger partial charge in [0.05, 0.1) is 12.1 Å². The molecule has 0 saturated carbocycles. The van der Waals surface area contributed by atoms with Crippen LogP contribution in [-0.2, 0) is 0 Å². The molecule has 5 rings (SSSR count).